The highest BCUT2D eigenvalue weighted by molar-refractivity contribution is 5.60. The SMILES string of the molecule is CC(C)OC(=O)OCC1CCCC1CN. The van der Waals surface area contributed by atoms with Gasteiger partial charge in [-0.3, -0.25) is 0 Å². The van der Waals surface area contributed by atoms with Crippen LogP contribution in [0, 0.1) is 11.8 Å². The molecule has 1 saturated carbocycles. The third-order valence-electron chi connectivity index (χ3n) is 2.87. The first kappa shape index (κ1) is 12.3. The smallest absolute Gasteiger partial charge is 0.434 e. The van der Waals surface area contributed by atoms with Gasteiger partial charge in [0.1, 0.15) is 0 Å². The van der Waals surface area contributed by atoms with Gasteiger partial charge < -0.3 is 15.2 Å². The molecule has 1 aliphatic carbocycles. The monoisotopic (exact) mass is 215 g/mol. The minimum Gasteiger partial charge on any atom is -0.434 e. The molecule has 1 fully saturated rings. The van der Waals surface area contributed by atoms with Gasteiger partial charge in [0.2, 0.25) is 0 Å². The van der Waals surface area contributed by atoms with Crippen LogP contribution < -0.4 is 5.73 Å². The number of rotatable bonds is 4. The van der Waals surface area contributed by atoms with Crippen LogP contribution in [0.1, 0.15) is 33.1 Å². The van der Waals surface area contributed by atoms with Crippen molar-refractivity contribution in [3.8, 4) is 0 Å². The first-order valence-electron chi connectivity index (χ1n) is 5.67. The van der Waals surface area contributed by atoms with Crippen molar-refractivity contribution in [1.82, 2.24) is 0 Å². The molecule has 4 heteroatoms. The predicted molar refractivity (Wildman–Crippen MR) is 57.5 cm³/mol. The molecule has 0 heterocycles. The maximum Gasteiger partial charge on any atom is 0.508 e. The normalized spacial score (nSPS) is 25.6. The molecule has 2 unspecified atom stereocenters. The number of hydrogen-bond donors (Lipinski definition) is 1. The van der Waals surface area contributed by atoms with Crippen LogP contribution in [0.25, 0.3) is 0 Å². The molecule has 2 N–H and O–H groups in total. The lowest BCUT2D eigenvalue weighted by molar-refractivity contribution is 0.0222. The van der Waals surface area contributed by atoms with E-state index in [-0.39, 0.29) is 6.10 Å². The van der Waals surface area contributed by atoms with Crippen LogP contribution >= 0.6 is 0 Å². The number of carbonyl (C=O) groups excluding carboxylic acids is 1. The largest absolute Gasteiger partial charge is 0.508 e. The Morgan fingerprint density at radius 1 is 1.40 bits per heavy atom. The Balaban J connectivity index is 2.21. The average Bonchev–Trinajstić information content (AvgIpc) is 2.60. The molecular weight excluding hydrogens is 194 g/mol. The van der Waals surface area contributed by atoms with Gasteiger partial charge in [-0.1, -0.05) is 6.42 Å². The lowest BCUT2D eigenvalue weighted by Crippen LogP contribution is -2.24. The van der Waals surface area contributed by atoms with E-state index in [2.05, 4.69) is 0 Å². The Hall–Kier alpha value is -0.770. The topological polar surface area (TPSA) is 61.5 Å². The zero-order valence-corrected chi connectivity index (χ0v) is 9.57. The second kappa shape index (κ2) is 5.95. The summed E-state index contributed by atoms with van der Waals surface area (Å²) < 4.78 is 9.94. The summed E-state index contributed by atoms with van der Waals surface area (Å²) in [5.41, 5.74) is 5.64. The molecule has 0 spiro atoms. The number of ether oxygens (including phenoxy) is 2. The van der Waals surface area contributed by atoms with Crippen molar-refractivity contribution in [3.63, 3.8) is 0 Å². The molecule has 4 nitrogen and oxygen atoms in total. The van der Waals surface area contributed by atoms with Gasteiger partial charge in [-0.05, 0) is 45.1 Å². The molecule has 88 valence electrons. The Morgan fingerprint density at radius 3 is 2.67 bits per heavy atom. The summed E-state index contributed by atoms with van der Waals surface area (Å²) in [5, 5.41) is 0. The standard InChI is InChI=1S/C11H21NO3/c1-8(2)15-11(13)14-7-10-5-3-4-9(10)6-12/h8-10H,3-7,12H2,1-2H3. The minimum atomic E-state index is -0.562. The van der Waals surface area contributed by atoms with Crippen LogP contribution in [-0.4, -0.2) is 25.4 Å². The van der Waals surface area contributed by atoms with E-state index in [9.17, 15) is 4.79 Å². The van der Waals surface area contributed by atoms with Gasteiger partial charge in [0.15, 0.2) is 0 Å². The third-order valence-corrected chi connectivity index (χ3v) is 2.87. The lowest BCUT2D eigenvalue weighted by atomic mass is 9.97. The van der Waals surface area contributed by atoms with E-state index in [0.29, 0.717) is 25.0 Å². The Labute approximate surface area is 91.1 Å². The quantitative estimate of drug-likeness (QED) is 0.728. The first-order valence-corrected chi connectivity index (χ1v) is 5.67. The van der Waals surface area contributed by atoms with Crippen molar-refractivity contribution in [2.24, 2.45) is 17.6 Å². The zero-order valence-electron chi connectivity index (χ0n) is 9.57. The fraction of sp³-hybridized carbons (Fsp3) is 0.909. The molecule has 2 atom stereocenters. The van der Waals surface area contributed by atoms with Gasteiger partial charge in [-0.15, -0.1) is 0 Å². The maximum absolute atomic E-state index is 11.1. The van der Waals surface area contributed by atoms with E-state index in [1.807, 2.05) is 0 Å². The van der Waals surface area contributed by atoms with E-state index in [0.717, 1.165) is 12.8 Å². The van der Waals surface area contributed by atoms with Crippen LogP contribution in [0.15, 0.2) is 0 Å². The fourth-order valence-corrected chi connectivity index (χ4v) is 2.04. The summed E-state index contributed by atoms with van der Waals surface area (Å²) in [6, 6.07) is 0. The highest BCUT2D eigenvalue weighted by Gasteiger charge is 2.27. The van der Waals surface area contributed by atoms with E-state index < -0.39 is 6.16 Å². The molecular formula is C11H21NO3. The molecule has 0 radical (unpaired) electrons. The van der Waals surface area contributed by atoms with Gasteiger partial charge in [-0.25, -0.2) is 4.79 Å². The highest BCUT2D eigenvalue weighted by atomic mass is 16.7. The van der Waals surface area contributed by atoms with Crippen molar-refractivity contribution in [2.45, 2.75) is 39.2 Å². The lowest BCUT2D eigenvalue weighted by Gasteiger charge is -2.17. The molecule has 0 saturated heterocycles. The average molecular weight is 215 g/mol. The van der Waals surface area contributed by atoms with E-state index in [4.69, 9.17) is 15.2 Å². The van der Waals surface area contributed by atoms with Gasteiger partial charge >= 0.3 is 6.16 Å². The Morgan fingerprint density at radius 2 is 2.07 bits per heavy atom. The summed E-state index contributed by atoms with van der Waals surface area (Å²) in [4.78, 5) is 11.1. The van der Waals surface area contributed by atoms with Crippen LogP contribution in [0.5, 0.6) is 0 Å². The Kier molecular flexibility index (Phi) is 4.88. The van der Waals surface area contributed by atoms with Gasteiger partial charge in [0, 0.05) is 0 Å². The summed E-state index contributed by atoms with van der Waals surface area (Å²) in [7, 11) is 0. The van der Waals surface area contributed by atoms with Crippen LogP contribution in [0.4, 0.5) is 4.79 Å². The summed E-state index contributed by atoms with van der Waals surface area (Å²) in [5.74, 6) is 0.937. The van der Waals surface area contributed by atoms with Gasteiger partial charge in [0.25, 0.3) is 0 Å². The third kappa shape index (κ3) is 4.08. The Bertz CT molecular complexity index is 206. The summed E-state index contributed by atoms with van der Waals surface area (Å²) in [6.07, 6.45) is 2.77. The van der Waals surface area contributed by atoms with Crippen molar-refractivity contribution in [1.29, 1.82) is 0 Å². The van der Waals surface area contributed by atoms with Crippen LogP contribution in [0.2, 0.25) is 0 Å². The van der Waals surface area contributed by atoms with E-state index in [1.165, 1.54) is 6.42 Å². The molecule has 0 aromatic carbocycles. The molecule has 0 aliphatic heterocycles. The van der Waals surface area contributed by atoms with Crippen molar-refractivity contribution >= 4 is 6.16 Å². The predicted octanol–water partition coefficient (Wildman–Crippen LogP) is 1.92. The second-order valence-electron chi connectivity index (χ2n) is 4.41. The molecule has 0 aromatic rings. The maximum atomic E-state index is 11.1. The van der Waals surface area contributed by atoms with Crippen molar-refractivity contribution < 1.29 is 14.3 Å². The molecule has 1 aliphatic rings. The van der Waals surface area contributed by atoms with Gasteiger partial charge in [-0.2, -0.15) is 0 Å². The summed E-state index contributed by atoms with van der Waals surface area (Å²) in [6.45, 7) is 4.75. The van der Waals surface area contributed by atoms with Gasteiger partial charge in [0.05, 0.1) is 12.7 Å². The van der Waals surface area contributed by atoms with Crippen LogP contribution in [-0.2, 0) is 9.47 Å². The number of nitrogens with two attached hydrogens (primary N) is 1. The summed E-state index contributed by atoms with van der Waals surface area (Å²) >= 11 is 0. The van der Waals surface area contributed by atoms with Crippen molar-refractivity contribution in [3.05, 3.63) is 0 Å². The molecule has 1 rings (SSSR count). The van der Waals surface area contributed by atoms with E-state index >= 15 is 0 Å². The molecule has 0 amide bonds. The highest BCUT2D eigenvalue weighted by Crippen LogP contribution is 2.30. The molecule has 0 bridgehead atoms. The van der Waals surface area contributed by atoms with E-state index in [1.54, 1.807) is 13.8 Å². The number of carbonyl (C=O) groups is 1. The fourth-order valence-electron chi connectivity index (χ4n) is 2.04. The molecule has 15 heavy (non-hydrogen) atoms. The van der Waals surface area contributed by atoms with Crippen molar-refractivity contribution in [2.75, 3.05) is 13.2 Å². The molecule has 0 aromatic heterocycles. The zero-order chi connectivity index (χ0) is 11.3. The first-order chi connectivity index (χ1) is 7.13. The van der Waals surface area contributed by atoms with Crippen LogP contribution in [0.3, 0.4) is 0 Å². The minimum absolute atomic E-state index is 0.119. The second-order valence-corrected chi connectivity index (χ2v) is 4.41. The number of hydrogen-bond acceptors (Lipinski definition) is 4.